The standard InChI is InChI=1S/C51H101N2/c1-4-7-10-13-16-19-21-23-25-27-29-31-33-36-39-42-45-48-53-50-49-52(51(53)46-43-40-37-34-18-15-12-9-6-3)47-44-41-38-35-32-30-28-26-24-22-20-17-14-11-8-5-2/h49-50H,4-48H2,1-3H3/q+1. The van der Waals surface area contributed by atoms with Crippen LogP contribution < -0.4 is 4.57 Å². The van der Waals surface area contributed by atoms with Crippen LogP contribution in [0.15, 0.2) is 12.4 Å². The van der Waals surface area contributed by atoms with Crippen molar-refractivity contribution in [3.05, 3.63) is 18.2 Å². The molecule has 0 aliphatic rings. The van der Waals surface area contributed by atoms with Gasteiger partial charge in [0.2, 0.25) is 0 Å². The van der Waals surface area contributed by atoms with E-state index in [2.05, 4.69) is 42.3 Å². The van der Waals surface area contributed by atoms with Gasteiger partial charge in [0, 0.05) is 6.42 Å². The summed E-state index contributed by atoms with van der Waals surface area (Å²) >= 11 is 0. The Kier molecular flexibility index (Phi) is 40.1. The second-order valence-electron chi connectivity index (χ2n) is 17.6. The Balaban J connectivity index is 2.20. The summed E-state index contributed by atoms with van der Waals surface area (Å²) in [5.41, 5.74) is 0. The average molecular weight is 742 g/mol. The van der Waals surface area contributed by atoms with Gasteiger partial charge in [-0.2, -0.15) is 0 Å². The van der Waals surface area contributed by atoms with E-state index < -0.39 is 0 Å². The molecular formula is C51H101N2+. The SMILES string of the molecule is CCCCCCCCCCCCCCCCCCC[n+]1ccn(CCCCCCCCCCCCCCCCCC)c1CCCCCCCCCCC. The van der Waals surface area contributed by atoms with Crippen molar-refractivity contribution >= 4 is 0 Å². The maximum atomic E-state index is 2.66. The van der Waals surface area contributed by atoms with Crippen LogP contribution in [0.2, 0.25) is 0 Å². The molecule has 0 amide bonds. The van der Waals surface area contributed by atoms with Crippen LogP contribution in [0.3, 0.4) is 0 Å². The summed E-state index contributed by atoms with van der Waals surface area (Å²) in [5, 5.41) is 0. The molecule has 0 saturated carbocycles. The normalized spacial score (nSPS) is 11.7. The number of aromatic nitrogens is 2. The summed E-state index contributed by atoms with van der Waals surface area (Å²) in [7, 11) is 0. The largest absolute Gasteiger partial charge is 0.256 e. The predicted octanol–water partition coefficient (Wildman–Crippen LogP) is 17.8. The van der Waals surface area contributed by atoms with Gasteiger partial charge in [-0.05, 0) is 32.1 Å². The molecule has 1 aromatic heterocycles. The number of nitrogens with zero attached hydrogens (tertiary/aromatic N) is 2. The molecule has 0 atom stereocenters. The summed E-state index contributed by atoms with van der Waals surface area (Å²) < 4.78 is 5.31. The smallest absolute Gasteiger partial charge is 0.234 e. The summed E-state index contributed by atoms with van der Waals surface area (Å²) in [6, 6.07) is 0. The Labute approximate surface area is 336 Å². The van der Waals surface area contributed by atoms with Crippen LogP contribution in [0.4, 0.5) is 0 Å². The van der Waals surface area contributed by atoms with Crippen molar-refractivity contribution < 1.29 is 4.57 Å². The zero-order valence-electron chi connectivity index (χ0n) is 37.4. The van der Waals surface area contributed by atoms with Gasteiger partial charge in [-0.25, -0.2) is 9.13 Å². The van der Waals surface area contributed by atoms with E-state index in [0.717, 1.165) is 0 Å². The molecule has 0 aliphatic carbocycles. The van der Waals surface area contributed by atoms with Gasteiger partial charge in [0.05, 0.1) is 13.1 Å². The molecule has 0 aromatic carbocycles. The first-order valence-corrected chi connectivity index (χ1v) is 25.4. The molecule has 1 aromatic rings. The van der Waals surface area contributed by atoms with E-state index in [-0.39, 0.29) is 0 Å². The molecule has 0 bridgehead atoms. The molecule has 0 saturated heterocycles. The monoisotopic (exact) mass is 742 g/mol. The van der Waals surface area contributed by atoms with E-state index >= 15 is 0 Å². The first kappa shape index (κ1) is 50.2. The van der Waals surface area contributed by atoms with Gasteiger partial charge >= 0.3 is 0 Å². The molecule has 0 aliphatic heterocycles. The first-order valence-electron chi connectivity index (χ1n) is 25.4. The second-order valence-corrected chi connectivity index (χ2v) is 17.6. The van der Waals surface area contributed by atoms with E-state index in [0.29, 0.717) is 0 Å². The van der Waals surface area contributed by atoms with Crippen LogP contribution in [0.1, 0.15) is 296 Å². The highest BCUT2D eigenvalue weighted by molar-refractivity contribution is 4.84. The Hall–Kier alpha value is -0.790. The maximum Gasteiger partial charge on any atom is 0.256 e. The zero-order chi connectivity index (χ0) is 38.0. The van der Waals surface area contributed by atoms with Crippen LogP contribution in [0, 0.1) is 0 Å². The molecule has 1 rings (SSSR count). The molecule has 2 nitrogen and oxygen atoms in total. The van der Waals surface area contributed by atoms with Crippen molar-refractivity contribution in [1.82, 2.24) is 4.57 Å². The number of unbranched alkanes of at least 4 members (excludes halogenated alkanes) is 39. The lowest BCUT2D eigenvalue weighted by atomic mass is 10.0. The van der Waals surface area contributed by atoms with Gasteiger partial charge in [-0.15, -0.1) is 0 Å². The second kappa shape index (κ2) is 42.4. The van der Waals surface area contributed by atoms with Gasteiger partial charge in [-0.3, -0.25) is 0 Å². The van der Waals surface area contributed by atoms with Gasteiger partial charge in [0.25, 0.3) is 5.82 Å². The topological polar surface area (TPSA) is 8.81 Å². The Morgan fingerprint density at radius 3 is 0.906 bits per heavy atom. The lowest BCUT2D eigenvalue weighted by Gasteiger charge is -2.07. The van der Waals surface area contributed by atoms with E-state index in [9.17, 15) is 0 Å². The number of aryl methyl sites for hydroxylation is 2. The zero-order valence-corrected chi connectivity index (χ0v) is 37.4. The average Bonchev–Trinajstić information content (AvgIpc) is 3.55. The molecule has 2 heteroatoms. The molecule has 1 heterocycles. The molecule has 0 unspecified atom stereocenters. The third-order valence-electron chi connectivity index (χ3n) is 12.3. The Morgan fingerprint density at radius 1 is 0.321 bits per heavy atom. The highest BCUT2D eigenvalue weighted by Gasteiger charge is 2.16. The first-order chi connectivity index (χ1) is 26.3. The van der Waals surface area contributed by atoms with E-state index in [1.54, 1.807) is 5.82 Å². The minimum absolute atomic E-state index is 1.23. The van der Waals surface area contributed by atoms with Crippen LogP contribution in [0.5, 0.6) is 0 Å². The fraction of sp³-hybridized carbons (Fsp3) is 0.941. The van der Waals surface area contributed by atoms with Crippen molar-refractivity contribution in [1.29, 1.82) is 0 Å². The molecule has 0 fully saturated rings. The lowest BCUT2D eigenvalue weighted by Crippen LogP contribution is -2.37. The van der Waals surface area contributed by atoms with Crippen molar-refractivity contribution in [2.24, 2.45) is 0 Å². The van der Waals surface area contributed by atoms with Crippen LogP contribution >= 0.6 is 0 Å². The Morgan fingerprint density at radius 2 is 0.585 bits per heavy atom. The minimum atomic E-state index is 1.23. The van der Waals surface area contributed by atoms with E-state index in [1.807, 2.05) is 0 Å². The number of hydrogen-bond donors (Lipinski definition) is 0. The van der Waals surface area contributed by atoms with Crippen LogP contribution in [-0.4, -0.2) is 4.57 Å². The van der Waals surface area contributed by atoms with E-state index in [1.165, 1.54) is 289 Å². The summed E-state index contributed by atoms with van der Waals surface area (Å²) in [6.07, 6.45) is 66.8. The highest BCUT2D eigenvalue weighted by atomic mass is 15.1. The predicted molar refractivity (Wildman–Crippen MR) is 239 cm³/mol. The van der Waals surface area contributed by atoms with E-state index in [4.69, 9.17) is 0 Å². The summed E-state index contributed by atoms with van der Waals surface area (Å²) in [5.74, 6) is 1.63. The van der Waals surface area contributed by atoms with Gasteiger partial charge in [0.1, 0.15) is 12.4 Å². The summed E-state index contributed by atoms with van der Waals surface area (Å²) in [6.45, 7) is 9.42. The van der Waals surface area contributed by atoms with Gasteiger partial charge < -0.3 is 0 Å². The van der Waals surface area contributed by atoms with Gasteiger partial charge in [-0.1, -0.05) is 258 Å². The number of hydrogen-bond acceptors (Lipinski definition) is 0. The summed E-state index contributed by atoms with van der Waals surface area (Å²) in [4.78, 5) is 0. The lowest BCUT2D eigenvalue weighted by molar-refractivity contribution is -0.704. The van der Waals surface area contributed by atoms with Crippen molar-refractivity contribution in [3.63, 3.8) is 0 Å². The van der Waals surface area contributed by atoms with Crippen LogP contribution in [-0.2, 0) is 19.5 Å². The van der Waals surface area contributed by atoms with Crippen molar-refractivity contribution in [2.75, 3.05) is 0 Å². The molecule has 0 spiro atoms. The quantitative estimate of drug-likeness (QED) is 0.0465. The molecule has 314 valence electrons. The molecular weight excluding hydrogens is 641 g/mol. The van der Waals surface area contributed by atoms with Gasteiger partial charge in [0.15, 0.2) is 0 Å². The third-order valence-corrected chi connectivity index (χ3v) is 12.3. The number of imidazole rings is 1. The van der Waals surface area contributed by atoms with Crippen molar-refractivity contribution in [3.8, 4) is 0 Å². The minimum Gasteiger partial charge on any atom is -0.234 e. The fourth-order valence-corrected chi connectivity index (χ4v) is 8.62. The number of rotatable bonds is 45. The van der Waals surface area contributed by atoms with Crippen molar-refractivity contribution in [2.45, 2.75) is 310 Å². The Bertz CT molecular complexity index is 811. The fourth-order valence-electron chi connectivity index (χ4n) is 8.62. The third kappa shape index (κ3) is 34.2. The molecule has 53 heavy (non-hydrogen) atoms. The maximum absolute atomic E-state index is 2.66. The molecule has 0 N–H and O–H groups in total. The van der Waals surface area contributed by atoms with Crippen LogP contribution in [0.25, 0.3) is 0 Å². The highest BCUT2D eigenvalue weighted by Crippen LogP contribution is 2.17. The molecule has 0 radical (unpaired) electrons.